The van der Waals surface area contributed by atoms with Gasteiger partial charge in [0.05, 0.1) is 0 Å². The monoisotopic (exact) mass is 289 g/mol. The zero-order chi connectivity index (χ0) is 15.8. The van der Waals surface area contributed by atoms with Gasteiger partial charge in [0, 0.05) is 19.1 Å². The predicted molar refractivity (Wildman–Crippen MR) is 76.7 cm³/mol. The highest BCUT2D eigenvalue weighted by atomic mass is 16.6. The fourth-order valence-corrected chi connectivity index (χ4v) is 1.60. The number of carbonyl (C=O) groups excluding carboxylic acids is 1. The molecule has 0 rings (SSSR count). The van der Waals surface area contributed by atoms with Gasteiger partial charge in [-0.25, -0.2) is 9.59 Å². The number of hydrogen-bond acceptors (Lipinski definition) is 4. The van der Waals surface area contributed by atoms with E-state index in [0.717, 1.165) is 6.42 Å². The molecule has 0 heterocycles. The van der Waals surface area contributed by atoms with Crippen molar-refractivity contribution in [1.82, 2.24) is 10.2 Å². The number of nitrogens with one attached hydrogen (secondary N) is 1. The molecule has 0 saturated heterocycles. The quantitative estimate of drug-likeness (QED) is 0.618. The molecule has 0 aromatic heterocycles. The first-order chi connectivity index (χ1) is 9.15. The highest BCUT2D eigenvalue weighted by Crippen LogP contribution is 2.07. The van der Waals surface area contributed by atoms with Crippen LogP contribution in [0.4, 0.5) is 9.59 Å². The van der Waals surface area contributed by atoms with Crippen LogP contribution in [-0.2, 0) is 4.74 Å². The summed E-state index contributed by atoms with van der Waals surface area (Å²) < 4.78 is 5.12. The van der Waals surface area contributed by atoms with Crippen molar-refractivity contribution in [3.63, 3.8) is 0 Å². The predicted octanol–water partition coefficient (Wildman–Crippen LogP) is 1.62. The highest BCUT2D eigenvalue weighted by Gasteiger charge is 2.20. The van der Waals surface area contributed by atoms with Gasteiger partial charge in [0.1, 0.15) is 5.60 Å². The lowest BCUT2D eigenvalue weighted by Gasteiger charge is -2.25. The van der Waals surface area contributed by atoms with Gasteiger partial charge >= 0.3 is 12.2 Å². The van der Waals surface area contributed by atoms with Gasteiger partial charge in [-0.2, -0.15) is 0 Å². The minimum atomic E-state index is -1.00. The van der Waals surface area contributed by atoms with Gasteiger partial charge in [0.15, 0.2) is 0 Å². The number of amides is 2. The van der Waals surface area contributed by atoms with Crippen molar-refractivity contribution >= 4 is 12.2 Å². The van der Waals surface area contributed by atoms with Crippen LogP contribution in [0.2, 0.25) is 0 Å². The SMILES string of the molecule is CC(CN(CCCCN)C(=O)O)NC(=O)OC(C)(C)C. The molecule has 4 N–H and O–H groups in total. The maximum atomic E-state index is 11.6. The molecule has 0 aliphatic carbocycles. The van der Waals surface area contributed by atoms with Gasteiger partial charge in [-0.3, -0.25) is 0 Å². The maximum Gasteiger partial charge on any atom is 0.407 e. The van der Waals surface area contributed by atoms with E-state index in [-0.39, 0.29) is 12.6 Å². The molecule has 0 spiro atoms. The van der Waals surface area contributed by atoms with Crippen LogP contribution in [0.15, 0.2) is 0 Å². The van der Waals surface area contributed by atoms with Crippen LogP contribution >= 0.6 is 0 Å². The highest BCUT2D eigenvalue weighted by molar-refractivity contribution is 5.68. The molecule has 7 nitrogen and oxygen atoms in total. The lowest BCUT2D eigenvalue weighted by molar-refractivity contribution is 0.0494. The second kappa shape index (κ2) is 8.63. The Morgan fingerprint density at radius 1 is 1.35 bits per heavy atom. The summed E-state index contributed by atoms with van der Waals surface area (Å²) in [6, 6.07) is -0.321. The van der Waals surface area contributed by atoms with Crippen molar-refractivity contribution in [3.05, 3.63) is 0 Å². The smallest absolute Gasteiger partial charge is 0.407 e. The fourth-order valence-electron chi connectivity index (χ4n) is 1.60. The third-order valence-electron chi connectivity index (χ3n) is 2.41. The number of carbonyl (C=O) groups is 2. The molecule has 2 amide bonds. The Labute approximate surface area is 120 Å². The number of hydrogen-bond donors (Lipinski definition) is 3. The van der Waals surface area contributed by atoms with Crippen LogP contribution in [0.5, 0.6) is 0 Å². The van der Waals surface area contributed by atoms with E-state index in [1.54, 1.807) is 27.7 Å². The molecule has 0 saturated carbocycles. The van der Waals surface area contributed by atoms with Gasteiger partial charge in [-0.15, -0.1) is 0 Å². The first kappa shape index (κ1) is 18.5. The molecule has 118 valence electrons. The minimum Gasteiger partial charge on any atom is -0.465 e. The molecule has 0 aliphatic rings. The summed E-state index contributed by atoms with van der Waals surface area (Å²) >= 11 is 0. The molecule has 0 aromatic carbocycles. The van der Waals surface area contributed by atoms with Crippen molar-refractivity contribution in [2.24, 2.45) is 5.73 Å². The van der Waals surface area contributed by atoms with Crippen molar-refractivity contribution in [2.45, 2.75) is 52.2 Å². The molecule has 20 heavy (non-hydrogen) atoms. The summed E-state index contributed by atoms with van der Waals surface area (Å²) in [5.41, 5.74) is 4.81. The number of rotatable bonds is 7. The van der Waals surface area contributed by atoms with Gasteiger partial charge in [-0.05, 0) is 47.1 Å². The lowest BCUT2D eigenvalue weighted by Crippen LogP contribution is -2.45. The molecule has 1 atom stereocenters. The molecule has 7 heteroatoms. The summed E-state index contributed by atoms with van der Waals surface area (Å²) in [5, 5.41) is 11.7. The van der Waals surface area contributed by atoms with Gasteiger partial charge in [-0.1, -0.05) is 0 Å². The topological polar surface area (TPSA) is 105 Å². The van der Waals surface area contributed by atoms with E-state index in [1.165, 1.54) is 4.90 Å². The van der Waals surface area contributed by atoms with Crippen molar-refractivity contribution in [2.75, 3.05) is 19.6 Å². The number of ether oxygens (including phenoxy) is 1. The van der Waals surface area contributed by atoms with Crippen LogP contribution < -0.4 is 11.1 Å². The molecule has 0 radical (unpaired) electrons. The minimum absolute atomic E-state index is 0.221. The Hall–Kier alpha value is -1.50. The van der Waals surface area contributed by atoms with Gasteiger partial charge in [0.25, 0.3) is 0 Å². The fraction of sp³-hybridized carbons (Fsp3) is 0.846. The summed E-state index contributed by atoms with van der Waals surface area (Å²) in [7, 11) is 0. The van der Waals surface area contributed by atoms with Crippen LogP contribution in [0, 0.1) is 0 Å². The summed E-state index contributed by atoms with van der Waals surface area (Å²) in [6.45, 7) is 8.23. The van der Waals surface area contributed by atoms with Crippen molar-refractivity contribution < 1.29 is 19.4 Å². The van der Waals surface area contributed by atoms with E-state index in [1.807, 2.05) is 0 Å². The second-order valence-corrected chi connectivity index (χ2v) is 5.77. The molecule has 0 fully saturated rings. The molecular formula is C13H27N3O4. The van der Waals surface area contributed by atoms with Crippen molar-refractivity contribution in [1.29, 1.82) is 0 Å². The summed E-state index contributed by atoms with van der Waals surface area (Å²) in [4.78, 5) is 23.9. The summed E-state index contributed by atoms with van der Waals surface area (Å²) in [6.07, 6.45) is -0.0586. The van der Waals surface area contributed by atoms with Crippen molar-refractivity contribution in [3.8, 4) is 0 Å². The third kappa shape index (κ3) is 9.43. The second-order valence-electron chi connectivity index (χ2n) is 5.77. The number of nitrogens with zero attached hydrogens (tertiary/aromatic N) is 1. The number of nitrogens with two attached hydrogens (primary N) is 1. The Morgan fingerprint density at radius 2 is 1.95 bits per heavy atom. The standard InChI is InChI=1S/C13H27N3O4/c1-10(15-11(17)20-13(2,3)4)9-16(12(18)19)8-6-5-7-14/h10H,5-9,14H2,1-4H3,(H,15,17)(H,18,19). The van der Waals surface area contributed by atoms with E-state index < -0.39 is 17.8 Å². The average Bonchev–Trinajstić information content (AvgIpc) is 2.24. The first-order valence-electron chi connectivity index (χ1n) is 6.83. The van der Waals surface area contributed by atoms with Gasteiger partial charge in [0.2, 0.25) is 0 Å². The third-order valence-corrected chi connectivity index (χ3v) is 2.41. The summed E-state index contributed by atoms with van der Waals surface area (Å²) in [5.74, 6) is 0. The van der Waals surface area contributed by atoms with E-state index in [9.17, 15) is 9.59 Å². The maximum absolute atomic E-state index is 11.6. The van der Waals surface area contributed by atoms with Crippen LogP contribution in [-0.4, -0.2) is 53.5 Å². The molecule has 0 aromatic rings. The Morgan fingerprint density at radius 3 is 2.40 bits per heavy atom. The Bertz CT molecular complexity index is 315. The van der Waals surface area contributed by atoms with E-state index in [0.29, 0.717) is 19.5 Å². The largest absolute Gasteiger partial charge is 0.465 e. The van der Waals surface area contributed by atoms with E-state index in [4.69, 9.17) is 15.6 Å². The molecule has 0 bridgehead atoms. The van der Waals surface area contributed by atoms with E-state index in [2.05, 4.69) is 5.32 Å². The lowest BCUT2D eigenvalue weighted by atomic mass is 10.2. The van der Waals surface area contributed by atoms with Crippen LogP contribution in [0.3, 0.4) is 0 Å². The van der Waals surface area contributed by atoms with Crippen LogP contribution in [0.1, 0.15) is 40.5 Å². The normalized spacial score (nSPS) is 12.7. The van der Waals surface area contributed by atoms with E-state index >= 15 is 0 Å². The molecular weight excluding hydrogens is 262 g/mol. The Balaban J connectivity index is 4.21. The number of carboxylic acid groups (broad SMARTS) is 1. The average molecular weight is 289 g/mol. The zero-order valence-corrected chi connectivity index (χ0v) is 12.8. The zero-order valence-electron chi connectivity index (χ0n) is 12.8. The first-order valence-corrected chi connectivity index (χ1v) is 6.83. The van der Waals surface area contributed by atoms with Crippen LogP contribution in [0.25, 0.3) is 0 Å². The molecule has 0 aliphatic heterocycles. The van der Waals surface area contributed by atoms with Gasteiger partial charge < -0.3 is 25.8 Å². The number of unbranched alkanes of at least 4 members (excludes halogenated alkanes) is 1. The number of alkyl carbamates (subject to hydrolysis) is 1. The Kier molecular flexibility index (Phi) is 7.98. The molecule has 1 unspecified atom stereocenters.